The number of ether oxygens (including phenoxy) is 2. The molecular formula is C18H20F3NO2. The molecule has 0 spiro atoms. The van der Waals surface area contributed by atoms with Gasteiger partial charge in [-0.1, -0.05) is 36.4 Å². The lowest BCUT2D eigenvalue weighted by atomic mass is 10.0. The lowest BCUT2D eigenvalue weighted by Gasteiger charge is -2.18. The van der Waals surface area contributed by atoms with E-state index in [-0.39, 0.29) is 0 Å². The maximum absolute atomic E-state index is 12.5. The number of hydrogen-bond donors (Lipinski definition) is 1. The molecule has 2 aromatic rings. The Balaban J connectivity index is 2.13. The van der Waals surface area contributed by atoms with Gasteiger partial charge >= 0.3 is 6.18 Å². The Morgan fingerprint density at radius 3 is 2.33 bits per heavy atom. The second-order valence-electron chi connectivity index (χ2n) is 5.34. The molecule has 0 saturated heterocycles. The summed E-state index contributed by atoms with van der Waals surface area (Å²) in [5.41, 5.74) is 6.99. The zero-order valence-electron chi connectivity index (χ0n) is 13.3. The lowest BCUT2D eigenvalue weighted by molar-refractivity contribution is -0.138. The van der Waals surface area contributed by atoms with E-state index >= 15 is 0 Å². The Labute approximate surface area is 139 Å². The second-order valence-corrected chi connectivity index (χ2v) is 5.34. The zero-order valence-corrected chi connectivity index (χ0v) is 13.3. The van der Waals surface area contributed by atoms with Crippen LogP contribution in [0.2, 0.25) is 0 Å². The van der Waals surface area contributed by atoms with Crippen molar-refractivity contribution in [1.29, 1.82) is 0 Å². The molecule has 0 saturated carbocycles. The van der Waals surface area contributed by atoms with E-state index in [0.29, 0.717) is 30.3 Å². The smallest absolute Gasteiger partial charge is 0.390 e. The van der Waals surface area contributed by atoms with Crippen LogP contribution in [0.25, 0.3) is 0 Å². The summed E-state index contributed by atoms with van der Waals surface area (Å²) in [7, 11) is 0. The van der Waals surface area contributed by atoms with Crippen molar-refractivity contribution in [1.82, 2.24) is 0 Å². The third kappa shape index (κ3) is 5.45. The van der Waals surface area contributed by atoms with Gasteiger partial charge in [0, 0.05) is 6.04 Å². The van der Waals surface area contributed by atoms with Gasteiger partial charge in [-0.05, 0) is 30.2 Å². The van der Waals surface area contributed by atoms with Crippen molar-refractivity contribution >= 4 is 0 Å². The van der Waals surface area contributed by atoms with E-state index in [9.17, 15) is 13.2 Å². The number of nitrogens with two attached hydrogens (primary N) is 1. The number of halogens is 3. The topological polar surface area (TPSA) is 44.5 Å². The van der Waals surface area contributed by atoms with E-state index in [1.165, 1.54) is 6.07 Å². The standard InChI is InChI=1S/C18H20F3NO2/c1-2-23-17-10-14(15(22)11-18(19,20)21)8-9-16(17)24-12-13-6-4-3-5-7-13/h3-10,15H,2,11-12,22H2,1H3/t15-/m0/s1. The van der Waals surface area contributed by atoms with Crippen LogP contribution in [-0.4, -0.2) is 12.8 Å². The van der Waals surface area contributed by atoms with Crippen LogP contribution in [0, 0.1) is 0 Å². The van der Waals surface area contributed by atoms with Crippen molar-refractivity contribution in [2.75, 3.05) is 6.61 Å². The van der Waals surface area contributed by atoms with Gasteiger partial charge in [-0.3, -0.25) is 0 Å². The third-order valence-electron chi connectivity index (χ3n) is 3.38. The number of benzene rings is 2. The fraction of sp³-hybridized carbons (Fsp3) is 0.333. The molecule has 2 aromatic carbocycles. The molecule has 0 aliphatic rings. The average Bonchev–Trinajstić information content (AvgIpc) is 2.53. The van der Waals surface area contributed by atoms with Crippen LogP contribution in [0.3, 0.4) is 0 Å². The molecule has 130 valence electrons. The van der Waals surface area contributed by atoms with Crippen molar-refractivity contribution < 1.29 is 22.6 Å². The van der Waals surface area contributed by atoms with Gasteiger partial charge in [0.2, 0.25) is 0 Å². The minimum atomic E-state index is -4.31. The van der Waals surface area contributed by atoms with Gasteiger partial charge in [0.1, 0.15) is 6.61 Å². The molecule has 0 radical (unpaired) electrons. The van der Waals surface area contributed by atoms with Crippen molar-refractivity contribution in [2.45, 2.75) is 32.2 Å². The number of alkyl halides is 3. The van der Waals surface area contributed by atoms with Crippen LogP contribution >= 0.6 is 0 Å². The summed E-state index contributed by atoms with van der Waals surface area (Å²) in [5, 5.41) is 0. The Morgan fingerprint density at radius 1 is 1.00 bits per heavy atom. The zero-order chi connectivity index (χ0) is 17.6. The van der Waals surface area contributed by atoms with E-state index in [2.05, 4.69) is 0 Å². The van der Waals surface area contributed by atoms with Gasteiger partial charge in [0.05, 0.1) is 13.0 Å². The Morgan fingerprint density at radius 2 is 1.71 bits per heavy atom. The van der Waals surface area contributed by atoms with Crippen molar-refractivity contribution in [3.63, 3.8) is 0 Å². The Kier molecular flexibility index (Phi) is 6.09. The molecular weight excluding hydrogens is 319 g/mol. The highest BCUT2D eigenvalue weighted by atomic mass is 19.4. The van der Waals surface area contributed by atoms with Crippen LogP contribution < -0.4 is 15.2 Å². The highest BCUT2D eigenvalue weighted by molar-refractivity contribution is 5.44. The SMILES string of the molecule is CCOc1cc([C@@H](N)CC(F)(F)F)ccc1OCc1ccccc1. The van der Waals surface area contributed by atoms with Crippen molar-refractivity contribution in [2.24, 2.45) is 5.73 Å². The molecule has 0 unspecified atom stereocenters. The van der Waals surface area contributed by atoms with E-state index in [1.54, 1.807) is 19.1 Å². The summed E-state index contributed by atoms with van der Waals surface area (Å²) in [6, 6.07) is 13.1. The molecule has 24 heavy (non-hydrogen) atoms. The minimum absolute atomic E-state index is 0.342. The first kappa shape index (κ1) is 18.1. The molecule has 0 bridgehead atoms. The van der Waals surface area contributed by atoms with Gasteiger partial charge in [-0.2, -0.15) is 13.2 Å². The molecule has 0 heterocycles. The van der Waals surface area contributed by atoms with Crippen molar-refractivity contribution in [3.05, 3.63) is 59.7 Å². The van der Waals surface area contributed by atoms with Crippen molar-refractivity contribution in [3.8, 4) is 11.5 Å². The maximum Gasteiger partial charge on any atom is 0.390 e. The quantitative estimate of drug-likeness (QED) is 0.801. The van der Waals surface area contributed by atoms with Crippen LogP contribution in [0.5, 0.6) is 11.5 Å². The predicted octanol–water partition coefficient (Wildman–Crippen LogP) is 4.62. The van der Waals surface area contributed by atoms with Crippen LogP contribution in [0.1, 0.15) is 30.5 Å². The lowest BCUT2D eigenvalue weighted by Crippen LogP contribution is -2.20. The second kappa shape index (κ2) is 8.06. The molecule has 0 aliphatic heterocycles. The predicted molar refractivity (Wildman–Crippen MR) is 86.0 cm³/mol. The van der Waals surface area contributed by atoms with E-state index in [4.69, 9.17) is 15.2 Å². The number of hydrogen-bond acceptors (Lipinski definition) is 3. The summed E-state index contributed by atoms with van der Waals surface area (Å²) >= 11 is 0. The largest absolute Gasteiger partial charge is 0.490 e. The summed E-state index contributed by atoms with van der Waals surface area (Å²) in [4.78, 5) is 0. The van der Waals surface area contributed by atoms with Crippen LogP contribution in [0.15, 0.2) is 48.5 Å². The van der Waals surface area contributed by atoms with Gasteiger partial charge < -0.3 is 15.2 Å². The van der Waals surface area contributed by atoms with Gasteiger partial charge in [0.25, 0.3) is 0 Å². The third-order valence-corrected chi connectivity index (χ3v) is 3.38. The summed E-state index contributed by atoms with van der Waals surface area (Å²) in [5.74, 6) is 0.868. The normalized spacial score (nSPS) is 12.7. The molecule has 0 amide bonds. The van der Waals surface area contributed by atoms with E-state index in [1.807, 2.05) is 30.3 Å². The van der Waals surface area contributed by atoms with Crippen LogP contribution in [0.4, 0.5) is 13.2 Å². The van der Waals surface area contributed by atoms with E-state index in [0.717, 1.165) is 5.56 Å². The van der Waals surface area contributed by atoms with Gasteiger partial charge in [-0.25, -0.2) is 0 Å². The minimum Gasteiger partial charge on any atom is -0.490 e. The van der Waals surface area contributed by atoms with Crippen LogP contribution in [-0.2, 0) is 6.61 Å². The maximum atomic E-state index is 12.5. The molecule has 0 fully saturated rings. The molecule has 6 heteroatoms. The highest BCUT2D eigenvalue weighted by Crippen LogP contribution is 2.34. The fourth-order valence-electron chi connectivity index (χ4n) is 2.25. The monoisotopic (exact) mass is 339 g/mol. The molecule has 0 aromatic heterocycles. The molecule has 0 aliphatic carbocycles. The average molecular weight is 339 g/mol. The number of rotatable bonds is 7. The van der Waals surface area contributed by atoms with E-state index < -0.39 is 18.6 Å². The molecule has 1 atom stereocenters. The Bertz CT molecular complexity index is 644. The first-order chi connectivity index (χ1) is 11.4. The Hall–Kier alpha value is -2.21. The first-order valence-corrected chi connectivity index (χ1v) is 7.65. The van der Waals surface area contributed by atoms with Gasteiger partial charge in [0.15, 0.2) is 11.5 Å². The molecule has 3 nitrogen and oxygen atoms in total. The summed E-state index contributed by atoms with van der Waals surface area (Å²) in [6.07, 6.45) is -5.39. The summed E-state index contributed by atoms with van der Waals surface area (Å²) < 4.78 is 48.7. The van der Waals surface area contributed by atoms with Gasteiger partial charge in [-0.15, -0.1) is 0 Å². The molecule has 2 rings (SSSR count). The molecule has 2 N–H and O–H groups in total. The fourth-order valence-corrected chi connectivity index (χ4v) is 2.25. The highest BCUT2D eigenvalue weighted by Gasteiger charge is 2.31. The first-order valence-electron chi connectivity index (χ1n) is 7.65. The summed E-state index contributed by atoms with van der Waals surface area (Å²) in [6.45, 7) is 2.51.